The van der Waals surface area contributed by atoms with Gasteiger partial charge in [0.05, 0.1) is 11.2 Å². The zero-order chi connectivity index (χ0) is 18.1. The first kappa shape index (κ1) is 16.0. The van der Waals surface area contributed by atoms with Crippen LogP contribution in [0.1, 0.15) is 16.8 Å². The predicted molar refractivity (Wildman–Crippen MR) is 97.4 cm³/mol. The van der Waals surface area contributed by atoms with Gasteiger partial charge in [0.2, 0.25) is 0 Å². The molecule has 0 fully saturated rings. The summed E-state index contributed by atoms with van der Waals surface area (Å²) in [5.41, 5.74) is 3.24. The quantitative estimate of drug-likeness (QED) is 0.612. The van der Waals surface area contributed by atoms with E-state index in [1.807, 2.05) is 31.3 Å². The third kappa shape index (κ3) is 2.83. The Bertz CT molecular complexity index is 1190. The van der Waals surface area contributed by atoms with Crippen LogP contribution in [0.15, 0.2) is 53.6 Å². The van der Waals surface area contributed by atoms with Gasteiger partial charge < -0.3 is 0 Å². The van der Waals surface area contributed by atoms with Gasteiger partial charge in [0.25, 0.3) is 5.56 Å². The summed E-state index contributed by atoms with van der Waals surface area (Å²) >= 11 is 0. The number of aromatic nitrogens is 4. The Morgan fingerprint density at radius 3 is 3.00 bits per heavy atom. The number of hydrogen-bond acceptors (Lipinski definition) is 5. The van der Waals surface area contributed by atoms with Crippen molar-refractivity contribution >= 4 is 16.6 Å². The first-order chi connectivity index (χ1) is 12.7. The van der Waals surface area contributed by atoms with Gasteiger partial charge in [-0.15, -0.1) is 0 Å². The molecule has 3 aromatic heterocycles. The number of nitriles is 1. The summed E-state index contributed by atoms with van der Waals surface area (Å²) in [7, 11) is 1.97. The highest BCUT2D eigenvalue weighted by atomic mass is 16.1. The molecule has 0 spiro atoms. The van der Waals surface area contributed by atoms with Crippen LogP contribution in [-0.4, -0.2) is 31.5 Å². The van der Waals surface area contributed by atoms with Crippen LogP contribution in [-0.2, 0) is 13.1 Å². The monoisotopic (exact) mass is 344 g/mol. The summed E-state index contributed by atoms with van der Waals surface area (Å²) in [6.07, 6.45) is 3.27. The number of pyridine rings is 1. The van der Waals surface area contributed by atoms with E-state index in [9.17, 15) is 4.79 Å². The van der Waals surface area contributed by atoms with Gasteiger partial charge in [-0.1, -0.05) is 18.2 Å². The highest BCUT2D eigenvalue weighted by Gasteiger charge is 2.11. The van der Waals surface area contributed by atoms with E-state index >= 15 is 0 Å². The van der Waals surface area contributed by atoms with Crippen molar-refractivity contribution < 1.29 is 0 Å². The second-order valence-corrected chi connectivity index (χ2v) is 6.20. The van der Waals surface area contributed by atoms with Gasteiger partial charge in [-0.2, -0.15) is 5.26 Å². The fourth-order valence-electron chi connectivity index (χ4n) is 3.12. The number of benzene rings is 1. The molecule has 7 heteroatoms. The van der Waals surface area contributed by atoms with Crippen LogP contribution in [0, 0.1) is 11.3 Å². The lowest BCUT2D eigenvalue weighted by Gasteiger charge is -2.17. The molecule has 0 saturated heterocycles. The van der Waals surface area contributed by atoms with E-state index in [0.717, 1.165) is 16.5 Å². The molecular weight excluding hydrogens is 328 g/mol. The molecule has 3 heterocycles. The summed E-state index contributed by atoms with van der Waals surface area (Å²) in [6, 6.07) is 13.6. The van der Waals surface area contributed by atoms with E-state index in [4.69, 9.17) is 5.26 Å². The lowest BCUT2D eigenvalue weighted by Crippen LogP contribution is -2.22. The highest BCUT2D eigenvalue weighted by Crippen LogP contribution is 2.18. The minimum absolute atomic E-state index is 0.228. The Morgan fingerprint density at radius 2 is 2.15 bits per heavy atom. The van der Waals surface area contributed by atoms with Crippen LogP contribution in [0.4, 0.5) is 0 Å². The van der Waals surface area contributed by atoms with E-state index in [-0.39, 0.29) is 5.56 Å². The molecule has 0 aliphatic rings. The SMILES string of the molecule is CN(Cc1cc(=O)n2[nH]cc(C#N)c2n1)Cc1cccc2ncccc12. The molecule has 0 aliphatic carbocycles. The van der Waals surface area contributed by atoms with Crippen LogP contribution < -0.4 is 5.56 Å². The molecule has 4 aromatic rings. The molecule has 0 bridgehead atoms. The molecule has 0 radical (unpaired) electrons. The zero-order valence-electron chi connectivity index (χ0n) is 14.2. The van der Waals surface area contributed by atoms with Crippen LogP contribution in [0.3, 0.4) is 0 Å². The highest BCUT2D eigenvalue weighted by molar-refractivity contribution is 5.81. The smallest absolute Gasteiger partial charge is 0.272 e. The third-order valence-corrected chi connectivity index (χ3v) is 4.28. The Labute approximate surface area is 149 Å². The summed E-state index contributed by atoms with van der Waals surface area (Å²) in [5.74, 6) is 0. The van der Waals surface area contributed by atoms with Gasteiger partial charge in [-0.25, -0.2) is 9.50 Å². The zero-order valence-corrected chi connectivity index (χ0v) is 14.2. The molecule has 0 unspecified atom stereocenters. The maximum atomic E-state index is 12.2. The van der Waals surface area contributed by atoms with Gasteiger partial charge in [0.15, 0.2) is 5.65 Å². The summed E-state index contributed by atoms with van der Waals surface area (Å²) in [6.45, 7) is 1.20. The van der Waals surface area contributed by atoms with Crippen molar-refractivity contribution in [1.29, 1.82) is 5.26 Å². The average Bonchev–Trinajstić information content (AvgIpc) is 3.05. The maximum absolute atomic E-state index is 12.2. The first-order valence-electron chi connectivity index (χ1n) is 8.17. The maximum Gasteiger partial charge on any atom is 0.272 e. The largest absolute Gasteiger partial charge is 0.296 e. The van der Waals surface area contributed by atoms with Gasteiger partial charge >= 0.3 is 0 Å². The molecule has 0 saturated carbocycles. The normalized spacial score (nSPS) is 11.3. The lowest BCUT2D eigenvalue weighted by atomic mass is 10.1. The third-order valence-electron chi connectivity index (χ3n) is 4.28. The van der Waals surface area contributed by atoms with Crippen molar-refractivity contribution in [3.63, 3.8) is 0 Å². The van der Waals surface area contributed by atoms with Gasteiger partial charge in [0.1, 0.15) is 11.6 Å². The Balaban J connectivity index is 1.62. The number of hydrogen-bond donors (Lipinski definition) is 1. The van der Waals surface area contributed by atoms with E-state index in [1.54, 1.807) is 6.20 Å². The van der Waals surface area contributed by atoms with Gasteiger partial charge in [-0.05, 0) is 24.7 Å². The topological polar surface area (TPSA) is 90.1 Å². The fraction of sp³-hybridized carbons (Fsp3) is 0.158. The molecule has 4 rings (SSSR count). The minimum Gasteiger partial charge on any atom is -0.296 e. The number of fused-ring (bicyclic) bond motifs is 2. The molecule has 128 valence electrons. The Hall–Kier alpha value is -3.50. The molecule has 0 aliphatic heterocycles. The van der Waals surface area contributed by atoms with E-state index < -0.39 is 0 Å². The minimum atomic E-state index is -0.228. The summed E-state index contributed by atoms with van der Waals surface area (Å²) < 4.78 is 1.28. The number of nitrogens with one attached hydrogen (secondary N) is 1. The molecule has 1 N–H and O–H groups in total. The summed E-state index contributed by atoms with van der Waals surface area (Å²) in [4.78, 5) is 23.1. The molecule has 7 nitrogen and oxygen atoms in total. The fourth-order valence-corrected chi connectivity index (χ4v) is 3.12. The standard InChI is InChI=1S/C19H16N6O/c1-24(11-13-4-2-6-17-16(13)5-3-7-21-17)12-15-8-18(26)25-19(23-15)14(9-20)10-22-25/h2-8,10,22H,11-12H2,1H3. The molecule has 26 heavy (non-hydrogen) atoms. The predicted octanol–water partition coefficient (Wildman–Crippen LogP) is 2.07. The Kier molecular flexibility index (Phi) is 3.95. The van der Waals surface area contributed by atoms with Gasteiger partial charge in [-0.3, -0.25) is 19.8 Å². The van der Waals surface area contributed by atoms with Crippen molar-refractivity contribution in [3.8, 4) is 6.07 Å². The second kappa shape index (κ2) is 6.43. The molecular formula is C19H16N6O. The van der Waals surface area contributed by atoms with Crippen LogP contribution >= 0.6 is 0 Å². The second-order valence-electron chi connectivity index (χ2n) is 6.20. The van der Waals surface area contributed by atoms with Crippen molar-refractivity contribution in [2.75, 3.05) is 7.05 Å². The number of nitrogens with zero attached hydrogens (tertiary/aromatic N) is 5. The first-order valence-corrected chi connectivity index (χ1v) is 8.17. The van der Waals surface area contributed by atoms with E-state index in [1.165, 1.54) is 16.8 Å². The van der Waals surface area contributed by atoms with Crippen molar-refractivity contribution in [2.45, 2.75) is 13.1 Å². The number of aromatic amines is 1. The van der Waals surface area contributed by atoms with Gasteiger partial charge in [0, 0.05) is 36.9 Å². The Morgan fingerprint density at radius 1 is 1.27 bits per heavy atom. The molecule has 0 amide bonds. The van der Waals surface area contributed by atoms with Crippen LogP contribution in [0.2, 0.25) is 0 Å². The molecule has 1 aromatic carbocycles. The lowest BCUT2D eigenvalue weighted by molar-refractivity contribution is 0.316. The molecule has 0 atom stereocenters. The van der Waals surface area contributed by atoms with Crippen LogP contribution in [0.5, 0.6) is 0 Å². The number of rotatable bonds is 4. The van der Waals surface area contributed by atoms with Crippen LogP contribution in [0.25, 0.3) is 16.6 Å². The van der Waals surface area contributed by atoms with E-state index in [2.05, 4.69) is 32.1 Å². The van der Waals surface area contributed by atoms with Crippen molar-refractivity contribution in [3.05, 3.63) is 76.0 Å². The number of H-pyrrole nitrogens is 1. The average molecular weight is 344 g/mol. The van der Waals surface area contributed by atoms with E-state index in [0.29, 0.717) is 30.0 Å². The van der Waals surface area contributed by atoms with Crippen molar-refractivity contribution in [1.82, 2.24) is 24.5 Å². The summed E-state index contributed by atoms with van der Waals surface area (Å²) in [5, 5.41) is 13.0. The van der Waals surface area contributed by atoms with Crippen molar-refractivity contribution in [2.24, 2.45) is 0 Å².